The summed E-state index contributed by atoms with van der Waals surface area (Å²) >= 11 is 0. The van der Waals surface area contributed by atoms with Crippen LogP contribution in [-0.2, 0) is 0 Å². The van der Waals surface area contributed by atoms with E-state index in [0.717, 1.165) is 23.0 Å². The van der Waals surface area contributed by atoms with Crippen molar-refractivity contribution < 1.29 is 0 Å². The van der Waals surface area contributed by atoms with Gasteiger partial charge in [-0.05, 0) is 29.5 Å². The fraction of sp³-hybridized carbons (Fsp3) is 0.167. The molecular formula is C18H18N2O. The van der Waals surface area contributed by atoms with Crippen LogP contribution < -0.4 is 10.9 Å². The molecule has 0 saturated heterocycles. The van der Waals surface area contributed by atoms with Gasteiger partial charge >= 0.3 is 0 Å². The molecule has 3 heteroatoms. The van der Waals surface area contributed by atoms with Crippen molar-refractivity contribution in [1.29, 1.82) is 0 Å². The number of anilines is 1. The highest BCUT2D eigenvalue weighted by molar-refractivity contribution is 5.83. The topological polar surface area (TPSA) is 44.9 Å². The molecule has 0 aliphatic heterocycles. The van der Waals surface area contributed by atoms with Crippen LogP contribution >= 0.6 is 0 Å². The molecule has 106 valence electrons. The first-order valence-corrected chi connectivity index (χ1v) is 7.21. The summed E-state index contributed by atoms with van der Waals surface area (Å²) in [5.74, 6) is 0.759. The summed E-state index contributed by atoms with van der Waals surface area (Å²) in [6, 6.07) is 20.1. The van der Waals surface area contributed by atoms with Crippen LogP contribution in [0.25, 0.3) is 10.8 Å². The number of benzene rings is 2. The van der Waals surface area contributed by atoms with E-state index in [1.807, 2.05) is 48.5 Å². The largest absolute Gasteiger partial charge is 0.365 e. The highest BCUT2D eigenvalue weighted by Gasteiger charge is 2.10. The van der Waals surface area contributed by atoms with Crippen LogP contribution in [0.2, 0.25) is 0 Å². The molecule has 3 rings (SSSR count). The number of aromatic amines is 1. The first-order valence-electron chi connectivity index (χ1n) is 7.21. The maximum atomic E-state index is 12.1. The van der Waals surface area contributed by atoms with Gasteiger partial charge in [-0.15, -0.1) is 0 Å². The van der Waals surface area contributed by atoms with Crippen molar-refractivity contribution >= 4 is 16.6 Å². The number of nitrogens with one attached hydrogen (secondary N) is 2. The maximum Gasteiger partial charge on any atom is 0.257 e. The van der Waals surface area contributed by atoms with E-state index in [-0.39, 0.29) is 11.6 Å². The molecule has 0 saturated carbocycles. The Balaban J connectivity index is 1.95. The van der Waals surface area contributed by atoms with Crippen LogP contribution in [0.4, 0.5) is 5.82 Å². The molecule has 1 heterocycles. The predicted octanol–water partition coefficient (Wildman–Crippen LogP) is 4.09. The summed E-state index contributed by atoms with van der Waals surface area (Å²) in [5.41, 5.74) is 1.16. The standard InChI is InChI=1S/C18H18N2O/c1-2-16(13-8-4-3-5-9-13)19-17-12-14-10-6-7-11-15(14)18(21)20-17/h3-12,16H,2H2,1H3,(H2,19,20,21). The second-order valence-corrected chi connectivity index (χ2v) is 5.12. The smallest absolute Gasteiger partial charge is 0.257 e. The highest BCUT2D eigenvalue weighted by atomic mass is 16.1. The van der Waals surface area contributed by atoms with Crippen molar-refractivity contribution in [3.05, 3.63) is 76.6 Å². The van der Waals surface area contributed by atoms with Crippen LogP contribution in [-0.4, -0.2) is 4.98 Å². The van der Waals surface area contributed by atoms with E-state index in [4.69, 9.17) is 0 Å². The Labute approximate surface area is 123 Å². The molecule has 0 spiro atoms. The van der Waals surface area contributed by atoms with E-state index < -0.39 is 0 Å². The monoisotopic (exact) mass is 278 g/mol. The third-order valence-electron chi connectivity index (χ3n) is 3.69. The number of hydrogen-bond donors (Lipinski definition) is 2. The molecule has 21 heavy (non-hydrogen) atoms. The minimum atomic E-state index is -0.0569. The van der Waals surface area contributed by atoms with Gasteiger partial charge in [0.15, 0.2) is 0 Å². The minimum Gasteiger partial charge on any atom is -0.365 e. The van der Waals surface area contributed by atoms with Crippen LogP contribution in [0, 0.1) is 0 Å². The van der Waals surface area contributed by atoms with Gasteiger partial charge in [0.05, 0.1) is 6.04 Å². The lowest BCUT2D eigenvalue weighted by molar-refractivity contribution is 0.744. The number of aromatic nitrogens is 1. The molecule has 1 unspecified atom stereocenters. The predicted molar refractivity (Wildman–Crippen MR) is 87.7 cm³/mol. The van der Waals surface area contributed by atoms with Crippen LogP contribution in [0.15, 0.2) is 65.5 Å². The second kappa shape index (κ2) is 5.83. The molecule has 2 N–H and O–H groups in total. The second-order valence-electron chi connectivity index (χ2n) is 5.12. The van der Waals surface area contributed by atoms with E-state index >= 15 is 0 Å². The fourth-order valence-electron chi connectivity index (χ4n) is 2.58. The summed E-state index contributed by atoms with van der Waals surface area (Å²) in [7, 11) is 0. The zero-order valence-corrected chi connectivity index (χ0v) is 12.0. The van der Waals surface area contributed by atoms with Crippen LogP contribution in [0.5, 0.6) is 0 Å². The Morgan fingerprint density at radius 3 is 2.52 bits per heavy atom. The van der Waals surface area contributed by atoms with Crippen molar-refractivity contribution in [2.75, 3.05) is 5.32 Å². The van der Waals surface area contributed by atoms with E-state index in [1.54, 1.807) is 0 Å². The molecule has 0 amide bonds. The van der Waals surface area contributed by atoms with Crippen molar-refractivity contribution in [3.63, 3.8) is 0 Å². The maximum absolute atomic E-state index is 12.1. The van der Waals surface area contributed by atoms with Gasteiger partial charge in [0.2, 0.25) is 0 Å². The third kappa shape index (κ3) is 2.82. The van der Waals surface area contributed by atoms with E-state index in [9.17, 15) is 4.79 Å². The first kappa shape index (κ1) is 13.4. The zero-order valence-electron chi connectivity index (χ0n) is 12.0. The van der Waals surface area contributed by atoms with Gasteiger partial charge in [-0.2, -0.15) is 0 Å². The molecule has 0 aliphatic carbocycles. The van der Waals surface area contributed by atoms with Gasteiger partial charge in [-0.1, -0.05) is 55.5 Å². The number of H-pyrrole nitrogens is 1. The normalized spacial score (nSPS) is 12.2. The molecular weight excluding hydrogens is 260 g/mol. The van der Waals surface area contributed by atoms with Crippen molar-refractivity contribution in [2.24, 2.45) is 0 Å². The fourth-order valence-corrected chi connectivity index (χ4v) is 2.58. The molecule has 1 atom stereocenters. The van der Waals surface area contributed by atoms with Gasteiger partial charge in [0, 0.05) is 5.39 Å². The summed E-state index contributed by atoms with van der Waals surface area (Å²) in [5, 5.41) is 5.09. The van der Waals surface area contributed by atoms with Crippen molar-refractivity contribution in [3.8, 4) is 0 Å². The lowest BCUT2D eigenvalue weighted by Crippen LogP contribution is -2.15. The lowest BCUT2D eigenvalue weighted by atomic mass is 10.0. The molecule has 2 aromatic carbocycles. The SMILES string of the molecule is CCC(Nc1cc2ccccc2c(=O)[nH]1)c1ccccc1. The third-order valence-corrected chi connectivity index (χ3v) is 3.69. The van der Waals surface area contributed by atoms with E-state index in [2.05, 4.69) is 29.4 Å². The number of hydrogen-bond acceptors (Lipinski definition) is 2. The first-order chi connectivity index (χ1) is 10.3. The van der Waals surface area contributed by atoms with Gasteiger partial charge in [0.1, 0.15) is 5.82 Å². The summed E-state index contributed by atoms with van der Waals surface area (Å²) in [6.07, 6.45) is 0.943. The Bertz CT molecular complexity index is 793. The van der Waals surface area contributed by atoms with Gasteiger partial charge in [-0.25, -0.2) is 0 Å². The zero-order chi connectivity index (χ0) is 14.7. The van der Waals surface area contributed by atoms with Gasteiger partial charge in [-0.3, -0.25) is 4.79 Å². The molecule has 0 fully saturated rings. The quantitative estimate of drug-likeness (QED) is 0.755. The summed E-state index contributed by atoms with van der Waals surface area (Å²) < 4.78 is 0. The molecule has 3 nitrogen and oxygen atoms in total. The molecule has 0 radical (unpaired) electrons. The highest BCUT2D eigenvalue weighted by Crippen LogP contribution is 2.22. The molecule has 1 aromatic heterocycles. The van der Waals surface area contributed by atoms with Crippen molar-refractivity contribution in [1.82, 2.24) is 4.98 Å². The summed E-state index contributed by atoms with van der Waals surface area (Å²) in [6.45, 7) is 2.13. The lowest BCUT2D eigenvalue weighted by Gasteiger charge is -2.18. The number of rotatable bonds is 4. The van der Waals surface area contributed by atoms with Crippen LogP contribution in [0.1, 0.15) is 24.9 Å². The van der Waals surface area contributed by atoms with Gasteiger partial charge in [0.25, 0.3) is 5.56 Å². The van der Waals surface area contributed by atoms with E-state index in [0.29, 0.717) is 0 Å². The van der Waals surface area contributed by atoms with Crippen molar-refractivity contribution in [2.45, 2.75) is 19.4 Å². The average Bonchev–Trinajstić information content (AvgIpc) is 2.53. The average molecular weight is 278 g/mol. The van der Waals surface area contributed by atoms with E-state index in [1.165, 1.54) is 5.56 Å². The summed E-state index contributed by atoms with van der Waals surface area (Å²) in [4.78, 5) is 15.0. The Kier molecular flexibility index (Phi) is 3.73. The van der Waals surface area contributed by atoms with Gasteiger partial charge < -0.3 is 10.3 Å². The Morgan fingerprint density at radius 1 is 1.05 bits per heavy atom. The molecule has 0 bridgehead atoms. The molecule has 0 aliphatic rings. The number of pyridine rings is 1. The van der Waals surface area contributed by atoms with Crippen LogP contribution in [0.3, 0.4) is 0 Å². The Morgan fingerprint density at radius 2 is 1.76 bits per heavy atom. The number of fused-ring (bicyclic) bond motifs is 1. The minimum absolute atomic E-state index is 0.0569. The molecule has 3 aromatic rings. The Hall–Kier alpha value is -2.55.